The Balaban J connectivity index is 1.94. The molecule has 3 rings (SSSR count). The number of hydrogen-bond donors (Lipinski definition) is 1. The fourth-order valence-corrected chi connectivity index (χ4v) is 2.88. The van der Waals surface area contributed by atoms with Gasteiger partial charge in [0.25, 0.3) is 5.56 Å². The van der Waals surface area contributed by atoms with Crippen molar-refractivity contribution in [2.24, 2.45) is 5.92 Å². The predicted octanol–water partition coefficient (Wildman–Crippen LogP) is 3.54. The van der Waals surface area contributed by atoms with E-state index < -0.39 is 0 Å². The molecule has 20 heavy (non-hydrogen) atoms. The third kappa shape index (κ3) is 2.73. The second kappa shape index (κ2) is 5.56. The van der Waals surface area contributed by atoms with E-state index in [0.29, 0.717) is 11.0 Å². The van der Waals surface area contributed by atoms with Crippen molar-refractivity contribution in [2.75, 3.05) is 0 Å². The molecule has 0 aliphatic heterocycles. The van der Waals surface area contributed by atoms with Gasteiger partial charge in [0.15, 0.2) is 0 Å². The highest BCUT2D eigenvalue weighted by Gasteiger charge is 2.23. The lowest BCUT2D eigenvalue weighted by molar-refractivity contribution is 0.627. The Bertz CT molecular complexity index is 656. The predicted molar refractivity (Wildman–Crippen MR) is 80.0 cm³/mol. The first-order valence-electron chi connectivity index (χ1n) is 6.83. The summed E-state index contributed by atoms with van der Waals surface area (Å²) in [4.78, 5) is 12.5. The fourth-order valence-electron chi connectivity index (χ4n) is 2.41. The van der Waals surface area contributed by atoms with Crippen LogP contribution in [0.5, 0.6) is 0 Å². The van der Waals surface area contributed by atoms with Gasteiger partial charge in [-0.1, -0.05) is 28.8 Å². The maximum atomic E-state index is 13.0. The van der Waals surface area contributed by atoms with Gasteiger partial charge in [-0.05, 0) is 43.0 Å². The molecule has 1 heterocycles. The summed E-state index contributed by atoms with van der Waals surface area (Å²) in [7, 11) is 0. The van der Waals surface area contributed by atoms with Crippen molar-refractivity contribution >= 4 is 15.9 Å². The number of aromatic nitrogens is 2. The van der Waals surface area contributed by atoms with E-state index in [1.54, 1.807) is 12.1 Å². The summed E-state index contributed by atoms with van der Waals surface area (Å²) in [6.07, 6.45) is 4.48. The van der Waals surface area contributed by atoms with Crippen molar-refractivity contribution in [3.63, 3.8) is 0 Å². The molecule has 1 saturated carbocycles. The van der Waals surface area contributed by atoms with Crippen LogP contribution in [0.1, 0.15) is 30.5 Å². The Morgan fingerprint density at radius 2 is 2.00 bits per heavy atom. The van der Waals surface area contributed by atoms with Gasteiger partial charge in [0.1, 0.15) is 5.82 Å². The maximum absolute atomic E-state index is 13.0. The van der Waals surface area contributed by atoms with Gasteiger partial charge in [-0.3, -0.25) is 9.89 Å². The van der Waals surface area contributed by atoms with E-state index in [1.807, 2.05) is 0 Å². The first-order chi connectivity index (χ1) is 9.69. The van der Waals surface area contributed by atoms with E-state index in [4.69, 9.17) is 0 Å². The van der Waals surface area contributed by atoms with Crippen molar-refractivity contribution in [1.82, 2.24) is 9.78 Å². The minimum Gasteiger partial charge on any atom is -0.294 e. The molecule has 1 aromatic carbocycles. The van der Waals surface area contributed by atoms with Crippen LogP contribution in [0.4, 0.5) is 4.39 Å². The Labute approximate surface area is 124 Å². The Morgan fingerprint density at radius 1 is 1.30 bits per heavy atom. The summed E-state index contributed by atoms with van der Waals surface area (Å²) >= 11 is 3.42. The molecule has 0 bridgehead atoms. The number of halogens is 2. The van der Waals surface area contributed by atoms with Crippen LogP contribution >= 0.6 is 15.9 Å². The lowest BCUT2D eigenvalue weighted by Gasteiger charge is -2.00. The molecule has 0 atom stereocenters. The van der Waals surface area contributed by atoms with Gasteiger partial charge in [-0.2, -0.15) is 0 Å². The van der Waals surface area contributed by atoms with Crippen LogP contribution in [0.25, 0.3) is 5.69 Å². The number of nitrogens with zero attached hydrogens (tertiary/aromatic N) is 1. The summed E-state index contributed by atoms with van der Waals surface area (Å²) in [6.45, 7) is 0. The highest BCUT2D eigenvalue weighted by atomic mass is 79.9. The van der Waals surface area contributed by atoms with Crippen LogP contribution in [0, 0.1) is 11.7 Å². The topological polar surface area (TPSA) is 37.8 Å². The van der Waals surface area contributed by atoms with Gasteiger partial charge in [0, 0.05) is 10.9 Å². The number of rotatable bonds is 5. The van der Waals surface area contributed by atoms with E-state index in [2.05, 4.69) is 21.0 Å². The van der Waals surface area contributed by atoms with E-state index in [1.165, 1.54) is 29.7 Å². The van der Waals surface area contributed by atoms with Crippen LogP contribution in [-0.2, 0) is 11.8 Å². The van der Waals surface area contributed by atoms with Gasteiger partial charge >= 0.3 is 0 Å². The second-order valence-corrected chi connectivity index (χ2v) is 5.86. The number of nitrogens with one attached hydrogen (secondary N) is 1. The number of alkyl halides is 1. The molecule has 0 spiro atoms. The van der Waals surface area contributed by atoms with E-state index in [-0.39, 0.29) is 11.4 Å². The summed E-state index contributed by atoms with van der Waals surface area (Å²) in [6, 6.07) is 5.94. The number of hydrogen-bond acceptors (Lipinski definition) is 1. The van der Waals surface area contributed by atoms with E-state index in [9.17, 15) is 9.18 Å². The number of aromatic amines is 1. The average molecular weight is 339 g/mol. The smallest absolute Gasteiger partial charge is 0.274 e. The molecular formula is C15H16BrFN2O. The van der Waals surface area contributed by atoms with Crippen molar-refractivity contribution in [2.45, 2.75) is 31.0 Å². The zero-order chi connectivity index (χ0) is 14.1. The Kier molecular flexibility index (Phi) is 3.78. The van der Waals surface area contributed by atoms with Crippen LogP contribution in [-0.4, -0.2) is 9.78 Å². The minimum atomic E-state index is -0.303. The van der Waals surface area contributed by atoms with Gasteiger partial charge in [-0.15, -0.1) is 0 Å². The summed E-state index contributed by atoms with van der Waals surface area (Å²) < 4.78 is 14.5. The maximum Gasteiger partial charge on any atom is 0.274 e. The van der Waals surface area contributed by atoms with Crippen molar-refractivity contribution in [3.05, 3.63) is 51.7 Å². The summed E-state index contributed by atoms with van der Waals surface area (Å²) in [5, 5.41) is 3.74. The lowest BCUT2D eigenvalue weighted by atomic mass is 10.1. The highest BCUT2D eigenvalue weighted by Crippen LogP contribution is 2.33. The zero-order valence-corrected chi connectivity index (χ0v) is 12.6. The molecule has 5 heteroatoms. The fraction of sp³-hybridized carbons (Fsp3) is 0.400. The first-order valence-corrected chi connectivity index (χ1v) is 7.96. The minimum absolute atomic E-state index is 0.0216. The molecule has 106 valence electrons. The van der Waals surface area contributed by atoms with Crippen LogP contribution < -0.4 is 5.56 Å². The molecular weight excluding hydrogens is 323 g/mol. The standard InChI is InChI=1S/C15H16BrFN2O/c16-9-14-13(8-3-10-1-2-10)15(20)19(18-14)12-6-4-11(17)5-7-12/h4-7,10,18H,1-3,8-9H2. The average Bonchev–Trinajstić information content (AvgIpc) is 3.22. The Hall–Kier alpha value is -1.36. The van der Waals surface area contributed by atoms with Crippen LogP contribution in [0.3, 0.4) is 0 Å². The summed E-state index contributed by atoms with van der Waals surface area (Å²) in [5.41, 5.74) is 2.40. The molecule has 2 aromatic rings. The van der Waals surface area contributed by atoms with Crippen molar-refractivity contribution < 1.29 is 4.39 Å². The zero-order valence-electron chi connectivity index (χ0n) is 11.0. The quantitative estimate of drug-likeness (QED) is 0.832. The SMILES string of the molecule is O=c1c(CCC2CC2)c(CBr)[nH]n1-c1ccc(F)cc1. The van der Waals surface area contributed by atoms with Crippen molar-refractivity contribution in [1.29, 1.82) is 0 Å². The normalized spacial score (nSPS) is 14.7. The molecule has 1 aliphatic rings. The molecule has 0 unspecified atom stereocenters. The van der Waals surface area contributed by atoms with Gasteiger partial charge in [-0.25, -0.2) is 9.07 Å². The summed E-state index contributed by atoms with van der Waals surface area (Å²) in [5.74, 6) is 0.495. The monoisotopic (exact) mass is 338 g/mol. The third-order valence-electron chi connectivity index (χ3n) is 3.79. The second-order valence-electron chi connectivity index (χ2n) is 5.30. The van der Waals surface area contributed by atoms with Gasteiger partial charge < -0.3 is 0 Å². The molecule has 1 aliphatic carbocycles. The molecule has 1 fully saturated rings. The first kappa shape index (κ1) is 13.6. The molecule has 1 N–H and O–H groups in total. The van der Waals surface area contributed by atoms with Gasteiger partial charge in [0.2, 0.25) is 0 Å². The molecule has 0 amide bonds. The third-order valence-corrected chi connectivity index (χ3v) is 4.35. The number of benzene rings is 1. The highest BCUT2D eigenvalue weighted by molar-refractivity contribution is 9.08. The van der Waals surface area contributed by atoms with Crippen molar-refractivity contribution in [3.8, 4) is 5.69 Å². The molecule has 3 nitrogen and oxygen atoms in total. The van der Waals surface area contributed by atoms with Crippen LogP contribution in [0.2, 0.25) is 0 Å². The molecule has 1 aromatic heterocycles. The number of H-pyrrole nitrogens is 1. The largest absolute Gasteiger partial charge is 0.294 e. The van der Waals surface area contributed by atoms with Gasteiger partial charge in [0.05, 0.1) is 11.4 Å². The van der Waals surface area contributed by atoms with E-state index in [0.717, 1.165) is 30.0 Å². The molecule has 0 radical (unpaired) electrons. The Morgan fingerprint density at radius 3 is 2.60 bits per heavy atom. The molecule has 0 saturated heterocycles. The van der Waals surface area contributed by atoms with E-state index >= 15 is 0 Å². The van der Waals surface area contributed by atoms with Crippen LogP contribution in [0.15, 0.2) is 29.1 Å². The lowest BCUT2D eigenvalue weighted by Crippen LogP contribution is -2.17.